The fourth-order valence-corrected chi connectivity index (χ4v) is 11.4. The third-order valence-electron chi connectivity index (χ3n) is 9.12. The highest BCUT2D eigenvalue weighted by Gasteiger charge is 2.42. The van der Waals surface area contributed by atoms with Crippen molar-refractivity contribution in [3.63, 3.8) is 0 Å². The average Bonchev–Trinajstić information content (AvgIpc) is 3.90. The van der Waals surface area contributed by atoms with Crippen molar-refractivity contribution in [2.75, 3.05) is 17.7 Å². The van der Waals surface area contributed by atoms with E-state index in [1.54, 1.807) is 26.9 Å². The Morgan fingerprint density at radius 1 is 1.12 bits per heavy atom. The number of amides is 3. The van der Waals surface area contributed by atoms with Crippen molar-refractivity contribution in [3.8, 4) is 0 Å². The molecule has 50 heavy (non-hydrogen) atoms. The quantitative estimate of drug-likeness (QED) is 0.120. The number of carbonyl (C=O) groups excluding carboxylic acids is 2. The fraction of sp³-hybridized carbons (Fsp3) is 0.371. The van der Waals surface area contributed by atoms with Crippen LogP contribution in [0.3, 0.4) is 0 Å². The van der Waals surface area contributed by atoms with E-state index in [0.717, 1.165) is 55.7 Å². The highest BCUT2D eigenvalue weighted by molar-refractivity contribution is 8.08. The van der Waals surface area contributed by atoms with Crippen LogP contribution in [0.5, 0.6) is 0 Å². The lowest BCUT2D eigenvalue weighted by molar-refractivity contribution is -0.685. The summed E-state index contributed by atoms with van der Waals surface area (Å²) in [7, 11) is 1.81. The van der Waals surface area contributed by atoms with E-state index in [0.29, 0.717) is 41.5 Å². The Labute approximate surface area is 312 Å². The lowest BCUT2D eigenvalue weighted by atomic mass is 10.0. The zero-order valence-corrected chi connectivity index (χ0v) is 31.6. The summed E-state index contributed by atoms with van der Waals surface area (Å²) in [6, 6.07) is 13.7. The molecule has 264 valence electrons. The van der Waals surface area contributed by atoms with Gasteiger partial charge in [0, 0.05) is 48.0 Å². The van der Waals surface area contributed by atoms with E-state index < -0.39 is 0 Å². The highest BCUT2D eigenvalue weighted by Crippen LogP contribution is 2.46. The van der Waals surface area contributed by atoms with Crippen molar-refractivity contribution in [1.29, 1.82) is 0 Å². The van der Waals surface area contributed by atoms with Crippen LogP contribution in [-0.2, 0) is 24.4 Å². The zero-order chi connectivity index (χ0) is 34.1. The van der Waals surface area contributed by atoms with E-state index in [-0.39, 0.29) is 47.8 Å². The molecule has 0 saturated carbocycles. The number of hydrogen-bond donors (Lipinski definition) is 3. The van der Waals surface area contributed by atoms with E-state index in [2.05, 4.69) is 50.9 Å². The summed E-state index contributed by atoms with van der Waals surface area (Å²) in [6.45, 7) is 3.66. The monoisotopic (exact) mass is 772 g/mol. The van der Waals surface area contributed by atoms with Crippen LogP contribution in [0.25, 0.3) is 11.1 Å². The van der Waals surface area contributed by atoms with Gasteiger partial charge in [-0.1, -0.05) is 59.9 Å². The lowest BCUT2D eigenvalue weighted by Gasteiger charge is -2.16. The Morgan fingerprint density at radius 2 is 1.92 bits per heavy atom. The third-order valence-corrected chi connectivity index (χ3v) is 14.0. The first-order valence-electron chi connectivity index (χ1n) is 16.4. The van der Waals surface area contributed by atoms with E-state index in [4.69, 9.17) is 0 Å². The van der Waals surface area contributed by atoms with Crippen LogP contribution in [0.4, 0.5) is 14.9 Å². The summed E-state index contributed by atoms with van der Waals surface area (Å²) in [5.74, 6) is 0.717. The van der Waals surface area contributed by atoms with Gasteiger partial charge in [0.25, 0.3) is 10.6 Å². The molecule has 9 nitrogen and oxygen atoms in total. The molecule has 2 aromatic heterocycles. The van der Waals surface area contributed by atoms with Crippen LogP contribution >= 0.6 is 46.2 Å². The minimum absolute atomic E-state index is 0. The molecule has 3 amide bonds. The first-order chi connectivity index (χ1) is 23.8. The minimum atomic E-state index is -0.293. The predicted octanol–water partition coefficient (Wildman–Crippen LogP) is 0.949. The molecule has 0 unspecified atom stereocenters. The Kier molecular flexibility index (Phi) is 11.6. The molecule has 2 saturated heterocycles. The van der Waals surface area contributed by atoms with Crippen molar-refractivity contribution < 1.29 is 31.0 Å². The Hall–Kier alpha value is -3.30. The van der Waals surface area contributed by atoms with Crippen LogP contribution < -0.4 is 52.6 Å². The number of urea groups is 1. The van der Waals surface area contributed by atoms with Crippen molar-refractivity contribution in [3.05, 3.63) is 95.5 Å². The van der Waals surface area contributed by atoms with Crippen LogP contribution in [-0.4, -0.2) is 46.6 Å². The van der Waals surface area contributed by atoms with E-state index >= 15 is 0 Å². The zero-order valence-electron chi connectivity index (χ0n) is 27.6. The number of thiazole rings is 2. The molecule has 0 bridgehead atoms. The van der Waals surface area contributed by atoms with E-state index in [1.165, 1.54) is 29.2 Å². The smallest absolute Gasteiger partial charge is 0.315 e. The number of fused-ring (bicyclic) bond motifs is 2. The molecule has 5 heterocycles. The summed E-state index contributed by atoms with van der Waals surface area (Å²) < 4.78 is 20.0. The molecule has 0 spiro atoms. The van der Waals surface area contributed by atoms with Gasteiger partial charge in [0.2, 0.25) is 5.91 Å². The number of anilines is 1. The average molecular weight is 773 g/mol. The van der Waals surface area contributed by atoms with Gasteiger partial charge in [-0.15, -0.1) is 11.3 Å². The molecule has 3 aliphatic rings. The molecular formula is C35H38ClFN6O3S4. The number of carbonyl (C=O) groups is 2. The normalized spacial score (nSPS) is 20.7. The number of hydrogen-bond acceptors (Lipinski definition) is 8. The number of nitrogens with one attached hydrogen (secondary N) is 3. The molecule has 7 rings (SSSR count). The van der Waals surface area contributed by atoms with Gasteiger partial charge in [-0.05, 0) is 37.5 Å². The Balaban J connectivity index is 0.00000432. The summed E-state index contributed by atoms with van der Waals surface area (Å²) in [6.07, 6.45) is 7.42. The largest absolute Gasteiger partial charge is 1.00 e. The number of unbranched alkanes of at least 4 members (excludes halogenated alkanes) is 1. The van der Waals surface area contributed by atoms with Gasteiger partial charge in [-0.2, -0.15) is 16.3 Å². The molecule has 3 aliphatic heterocycles. The van der Waals surface area contributed by atoms with Crippen molar-refractivity contribution in [1.82, 2.24) is 20.5 Å². The number of para-hydroxylation sites is 1. The van der Waals surface area contributed by atoms with Crippen LogP contribution in [0.1, 0.15) is 48.7 Å². The predicted molar refractivity (Wildman–Crippen MR) is 197 cm³/mol. The van der Waals surface area contributed by atoms with Gasteiger partial charge in [-0.3, -0.25) is 14.2 Å². The summed E-state index contributed by atoms with van der Waals surface area (Å²) in [4.78, 5) is 40.2. The highest BCUT2D eigenvalue weighted by atomic mass is 35.5. The van der Waals surface area contributed by atoms with Crippen molar-refractivity contribution >= 4 is 74.9 Å². The van der Waals surface area contributed by atoms with Crippen LogP contribution in [0.2, 0.25) is 0 Å². The summed E-state index contributed by atoms with van der Waals surface area (Å²) >= 11 is 6.40. The number of rotatable bonds is 11. The lowest BCUT2D eigenvalue weighted by Crippen LogP contribution is -3.00. The molecule has 15 heteroatoms. The number of halogens is 2. The topological polar surface area (TPSA) is 99.3 Å². The van der Waals surface area contributed by atoms with Crippen molar-refractivity contribution in [2.24, 2.45) is 0 Å². The van der Waals surface area contributed by atoms with Gasteiger partial charge in [-0.25, -0.2) is 9.18 Å². The van der Waals surface area contributed by atoms with Gasteiger partial charge < -0.3 is 33.3 Å². The maximum absolute atomic E-state index is 14.6. The van der Waals surface area contributed by atoms with Gasteiger partial charge in [0.1, 0.15) is 20.0 Å². The number of aromatic nitrogens is 2. The van der Waals surface area contributed by atoms with E-state index in [1.807, 2.05) is 43.4 Å². The second-order valence-corrected chi connectivity index (χ2v) is 16.6. The molecular weight excluding hydrogens is 735 g/mol. The number of nitrogens with zero attached hydrogens (tertiary/aromatic N) is 3. The number of benzene rings is 2. The van der Waals surface area contributed by atoms with Crippen molar-refractivity contribution in [2.45, 2.75) is 74.5 Å². The minimum Gasteiger partial charge on any atom is -1.00 e. The second kappa shape index (κ2) is 15.9. The van der Waals surface area contributed by atoms with Crippen LogP contribution in [0.15, 0.2) is 63.7 Å². The molecule has 2 fully saturated rings. The van der Waals surface area contributed by atoms with Gasteiger partial charge in [0.15, 0.2) is 12.7 Å². The molecule has 2 aromatic carbocycles. The molecule has 3 N–H and O–H groups in total. The maximum atomic E-state index is 14.6. The first-order valence-corrected chi connectivity index (χ1v) is 20.0. The molecule has 0 aliphatic carbocycles. The summed E-state index contributed by atoms with van der Waals surface area (Å²) in [5, 5.41) is 13.3. The maximum Gasteiger partial charge on any atom is 0.315 e. The number of thioether (sulfide) groups is 2. The summed E-state index contributed by atoms with van der Waals surface area (Å²) in [5.41, 5.74) is 2.63. The molecule has 4 aromatic rings. The molecule has 0 radical (unpaired) electrons. The molecule has 3 atom stereocenters. The second-order valence-electron chi connectivity index (χ2n) is 12.3. The van der Waals surface area contributed by atoms with Gasteiger partial charge in [0.05, 0.1) is 29.2 Å². The van der Waals surface area contributed by atoms with E-state index in [9.17, 15) is 18.8 Å². The fourth-order valence-electron chi connectivity index (χ4n) is 6.53. The first kappa shape index (κ1) is 36.5. The van der Waals surface area contributed by atoms with Gasteiger partial charge >= 0.3 is 6.03 Å². The van der Waals surface area contributed by atoms with Crippen LogP contribution in [0, 0.1) is 5.82 Å². The Morgan fingerprint density at radius 3 is 2.70 bits per heavy atom. The third kappa shape index (κ3) is 7.64. The SMILES string of the molecule is CCn1c(=O)/c(=C2\Sc3cccc(F)c3N2C)s/c1=C\c1scc[n+]1Cc1ccc(CNC(=O)CCCC[C@@H]2SC[C@@H]3NC(=O)N[C@@H]32)cc1.[Cl-]. The standard InChI is InChI=1S/C35H37FN6O3S4.ClH/c1-3-42-29(49-32(33(42)44)34-40(2)31-23(36)7-6-9-26(31)48-34)17-28-41(15-16-46-28)19-22-13-11-21(12-14-22)18-37-27(43)10-5-4-8-25-30-24(20-47-25)38-35(45)39-30;/h6-7,9,11-17,24-25,30H,3-5,8,10,18-20H2,1-2H3,(H2-,37,38,39,43,45);1H/b34-32+;/t24-,25-,30-;/m0./s1. The Bertz CT molecular complexity index is 2070.